The number of Topliss-reactive ketones (excluding diaryl/α,β-unsaturated/α-hetero) is 1. The minimum atomic E-state index is 0.0937. The molecule has 13 heavy (non-hydrogen) atoms. The van der Waals surface area contributed by atoms with Gasteiger partial charge in [0.15, 0.2) is 5.78 Å². The minimum Gasteiger partial charge on any atom is -0.294 e. The normalized spacial score (nSPS) is 10.5. The van der Waals surface area contributed by atoms with E-state index >= 15 is 0 Å². The van der Waals surface area contributed by atoms with Crippen LogP contribution in [-0.2, 0) is 0 Å². The highest BCUT2D eigenvalue weighted by atomic mass is 16.1. The summed E-state index contributed by atoms with van der Waals surface area (Å²) in [6.45, 7) is 7.62. The molecule has 0 radical (unpaired) electrons. The lowest BCUT2D eigenvalue weighted by molar-refractivity contribution is 0.101. The fourth-order valence-corrected chi connectivity index (χ4v) is 1.31. The maximum atomic E-state index is 11.2. The lowest BCUT2D eigenvalue weighted by Crippen LogP contribution is -2.05. The Hall–Kier alpha value is -1.18. The second kappa shape index (κ2) is 3.69. The molecule has 2 heteroatoms. The SMILES string of the molecule is CC(=O)c1ccc(C)nc1C(C)C. The van der Waals surface area contributed by atoms with Crippen molar-refractivity contribution in [2.45, 2.75) is 33.6 Å². The highest BCUT2D eigenvalue weighted by Gasteiger charge is 2.11. The van der Waals surface area contributed by atoms with Crippen LogP contribution in [0.5, 0.6) is 0 Å². The van der Waals surface area contributed by atoms with Gasteiger partial charge in [-0.3, -0.25) is 9.78 Å². The second-order valence-electron chi connectivity index (χ2n) is 3.60. The Morgan fingerprint density at radius 1 is 1.38 bits per heavy atom. The van der Waals surface area contributed by atoms with Gasteiger partial charge in [0, 0.05) is 11.3 Å². The van der Waals surface area contributed by atoms with E-state index in [1.54, 1.807) is 6.92 Å². The molecule has 0 saturated heterocycles. The van der Waals surface area contributed by atoms with E-state index in [2.05, 4.69) is 4.98 Å². The van der Waals surface area contributed by atoms with Crippen molar-refractivity contribution in [3.05, 3.63) is 29.1 Å². The van der Waals surface area contributed by atoms with E-state index in [1.165, 1.54) is 0 Å². The Kier molecular flexibility index (Phi) is 2.81. The van der Waals surface area contributed by atoms with Crippen molar-refractivity contribution in [3.8, 4) is 0 Å². The van der Waals surface area contributed by atoms with E-state index < -0.39 is 0 Å². The van der Waals surface area contributed by atoms with Crippen LogP contribution < -0.4 is 0 Å². The number of aromatic nitrogens is 1. The quantitative estimate of drug-likeness (QED) is 0.650. The molecule has 0 spiro atoms. The van der Waals surface area contributed by atoms with E-state index in [0.717, 1.165) is 17.0 Å². The summed E-state index contributed by atoms with van der Waals surface area (Å²) in [4.78, 5) is 15.6. The molecule has 0 N–H and O–H groups in total. The summed E-state index contributed by atoms with van der Waals surface area (Å²) in [7, 11) is 0. The maximum Gasteiger partial charge on any atom is 0.161 e. The highest BCUT2D eigenvalue weighted by molar-refractivity contribution is 5.95. The minimum absolute atomic E-state index is 0.0937. The van der Waals surface area contributed by atoms with Crippen molar-refractivity contribution < 1.29 is 4.79 Å². The molecule has 1 rings (SSSR count). The summed E-state index contributed by atoms with van der Waals surface area (Å²) in [6, 6.07) is 3.74. The van der Waals surface area contributed by atoms with Crippen molar-refractivity contribution in [3.63, 3.8) is 0 Å². The van der Waals surface area contributed by atoms with Gasteiger partial charge in [-0.2, -0.15) is 0 Å². The number of hydrogen-bond donors (Lipinski definition) is 0. The largest absolute Gasteiger partial charge is 0.294 e. The number of aryl methyl sites for hydroxylation is 1. The van der Waals surface area contributed by atoms with Crippen LogP contribution >= 0.6 is 0 Å². The summed E-state index contributed by atoms with van der Waals surface area (Å²) >= 11 is 0. The third-order valence-corrected chi connectivity index (χ3v) is 1.99. The maximum absolute atomic E-state index is 11.2. The van der Waals surface area contributed by atoms with Crippen molar-refractivity contribution >= 4 is 5.78 Å². The first-order valence-corrected chi connectivity index (χ1v) is 4.51. The van der Waals surface area contributed by atoms with Crippen LogP contribution in [0.2, 0.25) is 0 Å². The third kappa shape index (κ3) is 2.14. The molecule has 0 aromatic carbocycles. The average molecular weight is 177 g/mol. The number of carbonyl (C=O) groups is 1. The Morgan fingerprint density at radius 2 is 2.00 bits per heavy atom. The van der Waals surface area contributed by atoms with Crippen molar-refractivity contribution in [1.82, 2.24) is 4.98 Å². The molecule has 0 aliphatic carbocycles. The molecule has 0 bridgehead atoms. The molecule has 0 atom stereocenters. The molecule has 1 aromatic heterocycles. The van der Waals surface area contributed by atoms with Crippen molar-refractivity contribution in [2.24, 2.45) is 0 Å². The molecule has 1 heterocycles. The molecule has 0 fully saturated rings. The number of ketones is 1. The summed E-state index contributed by atoms with van der Waals surface area (Å²) in [5.74, 6) is 0.398. The van der Waals surface area contributed by atoms with Gasteiger partial charge in [0.1, 0.15) is 0 Å². The zero-order valence-electron chi connectivity index (χ0n) is 8.59. The van der Waals surface area contributed by atoms with Crippen LogP contribution in [0.4, 0.5) is 0 Å². The van der Waals surface area contributed by atoms with Gasteiger partial charge in [-0.1, -0.05) is 13.8 Å². The van der Waals surface area contributed by atoms with Crippen LogP contribution in [0.1, 0.15) is 48.4 Å². The van der Waals surface area contributed by atoms with Gasteiger partial charge < -0.3 is 0 Å². The van der Waals surface area contributed by atoms with Gasteiger partial charge in [-0.05, 0) is 31.9 Å². The zero-order chi connectivity index (χ0) is 10.0. The summed E-state index contributed by atoms with van der Waals surface area (Å²) in [6.07, 6.45) is 0. The van der Waals surface area contributed by atoms with E-state index in [1.807, 2.05) is 32.9 Å². The van der Waals surface area contributed by atoms with E-state index in [-0.39, 0.29) is 5.78 Å². The van der Waals surface area contributed by atoms with Crippen LogP contribution in [-0.4, -0.2) is 10.8 Å². The van der Waals surface area contributed by atoms with Gasteiger partial charge in [0.2, 0.25) is 0 Å². The smallest absolute Gasteiger partial charge is 0.161 e. The summed E-state index contributed by atoms with van der Waals surface area (Å²) < 4.78 is 0. The number of pyridine rings is 1. The zero-order valence-corrected chi connectivity index (χ0v) is 8.59. The standard InChI is InChI=1S/C11H15NO/c1-7(2)11-10(9(4)13)6-5-8(3)12-11/h5-7H,1-4H3. The highest BCUT2D eigenvalue weighted by Crippen LogP contribution is 2.17. The molecule has 70 valence electrons. The monoisotopic (exact) mass is 177 g/mol. The van der Waals surface area contributed by atoms with Crippen LogP contribution in [0, 0.1) is 6.92 Å². The van der Waals surface area contributed by atoms with Crippen LogP contribution in [0.3, 0.4) is 0 Å². The molecule has 2 nitrogen and oxygen atoms in total. The number of nitrogens with zero attached hydrogens (tertiary/aromatic N) is 1. The molecular formula is C11H15NO. The first-order valence-electron chi connectivity index (χ1n) is 4.51. The molecule has 0 aliphatic heterocycles. The van der Waals surface area contributed by atoms with Gasteiger partial charge in [0.25, 0.3) is 0 Å². The fraction of sp³-hybridized carbons (Fsp3) is 0.455. The number of rotatable bonds is 2. The number of carbonyl (C=O) groups excluding carboxylic acids is 1. The van der Waals surface area contributed by atoms with E-state index in [4.69, 9.17) is 0 Å². The summed E-state index contributed by atoms with van der Waals surface area (Å²) in [5, 5.41) is 0. The predicted octanol–water partition coefficient (Wildman–Crippen LogP) is 2.72. The molecular weight excluding hydrogens is 162 g/mol. The first-order chi connectivity index (χ1) is 6.02. The Balaban J connectivity index is 3.26. The van der Waals surface area contributed by atoms with Crippen molar-refractivity contribution in [2.75, 3.05) is 0 Å². The number of hydrogen-bond acceptors (Lipinski definition) is 2. The third-order valence-electron chi connectivity index (χ3n) is 1.99. The fourth-order valence-electron chi connectivity index (χ4n) is 1.31. The topological polar surface area (TPSA) is 30.0 Å². The Morgan fingerprint density at radius 3 is 2.46 bits per heavy atom. The van der Waals surface area contributed by atoms with E-state index in [9.17, 15) is 4.79 Å². The van der Waals surface area contributed by atoms with Gasteiger partial charge in [-0.15, -0.1) is 0 Å². The molecule has 0 aliphatic rings. The van der Waals surface area contributed by atoms with Crippen molar-refractivity contribution in [1.29, 1.82) is 0 Å². The molecule has 0 amide bonds. The van der Waals surface area contributed by atoms with Gasteiger partial charge in [0.05, 0.1) is 5.69 Å². The first kappa shape index (κ1) is 9.90. The Bertz CT molecular complexity index is 329. The van der Waals surface area contributed by atoms with Crippen LogP contribution in [0.25, 0.3) is 0 Å². The Labute approximate surface area is 79.0 Å². The van der Waals surface area contributed by atoms with E-state index in [0.29, 0.717) is 5.92 Å². The van der Waals surface area contributed by atoms with Crippen LogP contribution in [0.15, 0.2) is 12.1 Å². The molecule has 1 aromatic rings. The molecule has 0 saturated carbocycles. The van der Waals surface area contributed by atoms with Gasteiger partial charge >= 0.3 is 0 Å². The van der Waals surface area contributed by atoms with Gasteiger partial charge in [-0.25, -0.2) is 0 Å². The molecule has 0 unspecified atom stereocenters. The lowest BCUT2D eigenvalue weighted by Gasteiger charge is -2.09. The predicted molar refractivity (Wildman–Crippen MR) is 53.1 cm³/mol. The average Bonchev–Trinajstić information content (AvgIpc) is 2.03. The second-order valence-corrected chi connectivity index (χ2v) is 3.60. The lowest BCUT2D eigenvalue weighted by atomic mass is 10.0. The summed E-state index contributed by atoms with van der Waals surface area (Å²) in [5.41, 5.74) is 2.63.